The lowest BCUT2D eigenvalue weighted by molar-refractivity contribution is 0.0362. The van der Waals surface area contributed by atoms with Crippen molar-refractivity contribution in [2.75, 3.05) is 5.75 Å². The van der Waals surface area contributed by atoms with E-state index in [4.69, 9.17) is 5.73 Å². The normalized spacial score (nSPS) is 24.2. The number of nitrogens with two attached hydrogens (primary N) is 1. The third kappa shape index (κ3) is 3.10. The highest BCUT2D eigenvalue weighted by Crippen LogP contribution is 2.37. The molecule has 0 saturated carbocycles. The topological polar surface area (TPSA) is 101 Å². The highest BCUT2D eigenvalue weighted by molar-refractivity contribution is 7.91. The van der Waals surface area contributed by atoms with Crippen molar-refractivity contribution in [2.24, 2.45) is 5.73 Å². The van der Waals surface area contributed by atoms with Crippen LogP contribution in [0.15, 0.2) is 53.4 Å². The van der Waals surface area contributed by atoms with E-state index < -0.39 is 21.2 Å². The van der Waals surface area contributed by atoms with Crippen molar-refractivity contribution in [1.82, 2.24) is 0 Å². The van der Waals surface area contributed by atoms with Gasteiger partial charge in [0.1, 0.15) is 11.4 Å². The smallest absolute Gasteiger partial charge is 0.181 e. The molecule has 0 saturated heterocycles. The molecule has 6 heteroatoms. The molecule has 1 aliphatic carbocycles. The van der Waals surface area contributed by atoms with E-state index in [-0.39, 0.29) is 23.1 Å². The Morgan fingerprint density at radius 3 is 2.48 bits per heavy atom. The van der Waals surface area contributed by atoms with Crippen molar-refractivity contribution in [3.63, 3.8) is 0 Å². The van der Waals surface area contributed by atoms with Gasteiger partial charge in [-0.1, -0.05) is 24.3 Å². The van der Waals surface area contributed by atoms with Crippen molar-refractivity contribution >= 4 is 9.84 Å². The summed E-state index contributed by atoms with van der Waals surface area (Å²) in [6, 6.07) is 12.3. The second-order valence-electron chi connectivity index (χ2n) is 6.11. The minimum absolute atomic E-state index is 0.00676. The standard InChI is InChI=1S/C17H19NO4S/c18-13-9-12-3-1-2-4-16(12)17(20,10-13)11-23(21,22)15-7-5-14(19)6-8-15/h1-8,13,19-20H,9-11,18H2/t13-,17+/m1/s1. The largest absolute Gasteiger partial charge is 0.508 e. The van der Waals surface area contributed by atoms with Gasteiger partial charge < -0.3 is 15.9 Å². The predicted octanol–water partition coefficient (Wildman–Crippen LogP) is 1.33. The number of benzene rings is 2. The average Bonchev–Trinajstić information content (AvgIpc) is 2.46. The molecule has 0 aromatic heterocycles. The van der Waals surface area contributed by atoms with Gasteiger partial charge in [-0.2, -0.15) is 0 Å². The third-order valence-electron chi connectivity index (χ3n) is 4.23. The summed E-state index contributed by atoms with van der Waals surface area (Å²) in [5.41, 5.74) is 6.02. The second kappa shape index (κ2) is 5.63. The zero-order valence-corrected chi connectivity index (χ0v) is 13.3. The molecule has 0 amide bonds. The van der Waals surface area contributed by atoms with Crippen LogP contribution in [0, 0.1) is 0 Å². The number of aromatic hydroxyl groups is 1. The molecule has 1 aliphatic rings. The fourth-order valence-corrected chi connectivity index (χ4v) is 4.86. The Bertz CT molecular complexity index is 817. The molecule has 3 rings (SSSR count). The van der Waals surface area contributed by atoms with Crippen LogP contribution in [0.3, 0.4) is 0 Å². The highest BCUT2D eigenvalue weighted by Gasteiger charge is 2.41. The molecule has 2 aromatic carbocycles. The summed E-state index contributed by atoms with van der Waals surface area (Å²) in [6.07, 6.45) is 0.819. The maximum absolute atomic E-state index is 12.7. The Morgan fingerprint density at radius 1 is 1.13 bits per heavy atom. The summed E-state index contributed by atoms with van der Waals surface area (Å²) in [5.74, 6) is -0.442. The molecule has 5 nitrogen and oxygen atoms in total. The van der Waals surface area contributed by atoms with Gasteiger partial charge in [-0.25, -0.2) is 8.42 Å². The minimum Gasteiger partial charge on any atom is -0.508 e. The van der Waals surface area contributed by atoms with Crippen molar-refractivity contribution in [2.45, 2.75) is 29.4 Å². The van der Waals surface area contributed by atoms with E-state index >= 15 is 0 Å². The van der Waals surface area contributed by atoms with Crippen LogP contribution in [0.5, 0.6) is 5.75 Å². The van der Waals surface area contributed by atoms with Gasteiger partial charge in [0.15, 0.2) is 9.84 Å². The number of hydrogen-bond acceptors (Lipinski definition) is 5. The maximum Gasteiger partial charge on any atom is 0.181 e. The first kappa shape index (κ1) is 16.0. The summed E-state index contributed by atoms with van der Waals surface area (Å²) >= 11 is 0. The predicted molar refractivity (Wildman–Crippen MR) is 86.8 cm³/mol. The van der Waals surface area contributed by atoms with E-state index in [2.05, 4.69) is 0 Å². The second-order valence-corrected chi connectivity index (χ2v) is 8.10. The molecule has 0 spiro atoms. The monoisotopic (exact) mass is 333 g/mol. The zero-order chi connectivity index (χ0) is 16.7. The van der Waals surface area contributed by atoms with Gasteiger partial charge in [-0.05, 0) is 48.2 Å². The molecule has 2 atom stereocenters. The lowest BCUT2D eigenvalue weighted by Crippen LogP contribution is -2.45. The van der Waals surface area contributed by atoms with Crippen LogP contribution in [0.2, 0.25) is 0 Å². The Morgan fingerprint density at radius 2 is 1.78 bits per heavy atom. The van der Waals surface area contributed by atoms with Crippen molar-refractivity contribution in [3.05, 3.63) is 59.7 Å². The Labute approximate surface area is 135 Å². The Balaban J connectivity index is 1.99. The molecule has 0 radical (unpaired) electrons. The molecule has 122 valence electrons. The lowest BCUT2D eigenvalue weighted by Gasteiger charge is -2.37. The highest BCUT2D eigenvalue weighted by atomic mass is 32.2. The summed E-state index contributed by atoms with van der Waals surface area (Å²) in [4.78, 5) is 0.0698. The van der Waals surface area contributed by atoms with E-state index in [0.717, 1.165) is 5.56 Å². The first-order valence-electron chi connectivity index (χ1n) is 7.38. The van der Waals surface area contributed by atoms with Crippen LogP contribution in [-0.4, -0.2) is 30.4 Å². The van der Waals surface area contributed by atoms with Gasteiger partial charge in [0, 0.05) is 6.04 Å². The summed E-state index contributed by atoms with van der Waals surface area (Å²) < 4.78 is 25.3. The number of hydrogen-bond donors (Lipinski definition) is 3. The van der Waals surface area contributed by atoms with Crippen LogP contribution in [0.25, 0.3) is 0 Å². The number of phenolic OH excluding ortho intramolecular Hbond substituents is 1. The van der Waals surface area contributed by atoms with Gasteiger partial charge in [0.25, 0.3) is 0 Å². The number of aliphatic hydroxyl groups is 1. The van der Waals surface area contributed by atoms with Crippen molar-refractivity contribution in [1.29, 1.82) is 0 Å². The third-order valence-corrected chi connectivity index (χ3v) is 6.07. The first-order chi connectivity index (χ1) is 10.8. The van der Waals surface area contributed by atoms with Gasteiger partial charge in [0.2, 0.25) is 0 Å². The Hall–Kier alpha value is -1.89. The zero-order valence-electron chi connectivity index (χ0n) is 12.5. The number of phenols is 1. The molecular weight excluding hydrogens is 314 g/mol. The molecular formula is C17H19NO4S. The molecule has 0 unspecified atom stereocenters. The molecule has 0 heterocycles. The summed E-state index contributed by atoms with van der Waals surface area (Å²) in [6.45, 7) is 0. The Kier molecular flexibility index (Phi) is 3.91. The first-order valence-corrected chi connectivity index (χ1v) is 9.03. The maximum atomic E-state index is 12.7. The molecule has 0 fully saturated rings. The lowest BCUT2D eigenvalue weighted by atomic mass is 9.78. The summed E-state index contributed by atoms with van der Waals surface area (Å²) in [7, 11) is -3.72. The molecule has 0 aliphatic heterocycles. The van der Waals surface area contributed by atoms with E-state index in [9.17, 15) is 18.6 Å². The van der Waals surface area contributed by atoms with Gasteiger partial charge >= 0.3 is 0 Å². The average molecular weight is 333 g/mol. The quantitative estimate of drug-likeness (QED) is 0.787. The molecule has 2 aromatic rings. The number of rotatable bonds is 3. The van der Waals surface area contributed by atoms with Crippen LogP contribution < -0.4 is 5.73 Å². The summed E-state index contributed by atoms with van der Waals surface area (Å²) in [5, 5.41) is 20.3. The number of sulfone groups is 1. The fourth-order valence-electron chi connectivity index (χ4n) is 3.24. The van der Waals surface area contributed by atoms with E-state index in [0.29, 0.717) is 12.0 Å². The van der Waals surface area contributed by atoms with Gasteiger partial charge in [0.05, 0.1) is 10.6 Å². The van der Waals surface area contributed by atoms with E-state index in [1.54, 1.807) is 12.1 Å². The van der Waals surface area contributed by atoms with Crippen LogP contribution in [-0.2, 0) is 21.9 Å². The van der Waals surface area contributed by atoms with Crippen molar-refractivity contribution < 1.29 is 18.6 Å². The van der Waals surface area contributed by atoms with Crippen molar-refractivity contribution in [3.8, 4) is 5.75 Å². The molecule has 0 bridgehead atoms. The minimum atomic E-state index is -3.72. The van der Waals surface area contributed by atoms with E-state index in [1.165, 1.54) is 24.3 Å². The van der Waals surface area contributed by atoms with E-state index in [1.807, 2.05) is 12.1 Å². The van der Waals surface area contributed by atoms with Crippen LogP contribution >= 0.6 is 0 Å². The SMILES string of the molecule is N[C@@H]1Cc2ccccc2[C@@](O)(CS(=O)(=O)c2ccc(O)cc2)C1. The molecule has 4 N–H and O–H groups in total. The molecule has 23 heavy (non-hydrogen) atoms. The number of fused-ring (bicyclic) bond motifs is 1. The van der Waals surface area contributed by atoms with Crippen LogP contribution in [0.4, 0.5) is 0 Å². The van der Waals surface area contributed by atoms with Gasteiger partial charge in [-0.15, -0.1) is 0 Å². The van der Waals surface area contributed by atoms with Crippen LogP contribution in [0.1, 0.15) is 17.5 Å². The fraction of sp³-hybridized carbons (Fsp3) is 0.294. The van der Waals surface area contributed by atoms with Gasteiger partial charge in [-0.3, -0.25) is 0 Å².